The molecular weight excluding hydrogens is 460 g/mol. The first-order valence-corrected chi connectivity index (χ1v) is 11.7. The van der Waals surface area contributed by atoms with Crippen molar-refractivity contribution in [2.24, 2.45) is 4.99 Å². The number of nitrogens with zero attached hydrogens (tertiary/aromatic N) is 4. The summed E-state index contributed by atoms with van der Waals surface area (Å²) in [7, 11) is 0. The van der Waals surface area contributed by atoms with Crippen LogP contribution in [0.1, 0.15) is 30.9 Å². The van der Waals surface area contributed by atoms with Gasteiger partial charge in [-0.1, -0.05) is 91.7 Å². The molecule has 0 bridgehead atoms. The highest BCUT2D eigenvalue weighted by Crippen LogP contribution is 2.43. The Hall–Kier alpha value is -4.21. The third-order valence-corrected chi connectivity index (χ3v) is 6.02. The number of nitro benzene ring substituents is 1. The summed E-state index contributed by atoms with van der Waals surface area (Å²) in [4.78, 5) is 15.5. The molecule has 0 aliphatic rings. The molecule has 7 heteroatoms. The summed E-state index contributed by atoms with van der Waals surface area (Å²) >= 11 is 5.96. The van der Waals surface area contributed by atoms with Crippen molar-refractivity contribution in [1.82, 2.24) is 4.57 Å². The number of benzene rings is 3. The van der Waals surface area contributed by atoms with Crippen molar-refractivity contribution in [1.29, 1.82) is 5.26 Å². The summed E-state index contributed by atoms with van der Waals surface area (Å²) in [5.74, 6) is 0.524. The maximum absolute atomic E-state index is 11.3. The summed E-state index contributed by atoms with van der Waals surface area (Å²) in [5.41, 5.74) is 4.47. The number of aliphatic imine (C=N–C) groups is 1. The van der Waals surface area contributed by atoms with Crippen molar-refractivity contribution >= 4 is 29.3 Å². The van der Waals surface area contributed by atoms with Crippen LogP contribution in [0.5, 0.6) is 0 Å². The number of unbranched alkanes of at least 4 members (excludes halogenated alkanes) is 1. The zero-order valence-electron chi connectivity index (χ0n) is 19.2. The van der Waals surface area contributed by atoms with Gasteiger partial charge in [0, 0.05) is 24.4 Å². The smallest absolute Gasteiger partial charge is 0.288 e. The van der Waals surface area contributed by atoms with Crippen molar-refractivity contribution in [2.45, 2.75) is 26.3 Å². The second kappa shape index (κ2) is 10.8. The van der Waals surface area contributed by atoms with Gasteiger partial charge in [0.15, 0.2) is 5.82 Å². The van der Waals surface area contributed by atoms with Gasteiger partial charge >= 0.3 is 0 Å². The number of nitro groups is 1. The zero-order valence-corrected chi connectivity index (χ0v) is 19.9. The first kappa shape index (κ1) is 23.9. The van der Waals surface area contributed by atoms with Crippen LogP contribution in [0.3, 0.4) is 0 Å². The molecule has 1 heterocycles. The third-order valence-electron chi connectivity index (χ3n) is 5.70. The van der Waals surface area contributed by atoms with Crippen LogP contribution < -0.4 is 0 Å². The van der Waals surface area contributed by atoms with Crippen molar-refractivity contribution in [2.75, 3.05) is 0 Å². The second-order valence-corrected chi connectivity index (χ2v) is 8.40. The number of rotatable bonds is 8. The van der Waals surface area contributed by atoms with E-state index in [1.165, 1.54) is 12.1 Å². The minimum absolute atomic E-state index is 0.0638. The standard InChI is InChI=1S/C28H23ClN4O2/c1-2-3-16-32-27(22-12-8-5-9-13-22)26(21-10-6-4-7-11-21)23(18-30)28(32)31-19-20-14-15-24(29)25(17-20)33(34)35/h4-15,17,19H,2-3,16H2,1H3. The lowest BCUT2D eigenvalue weighted by Gasteiger charge is -2.13. The maximum atomic E-state index is 11.3. The molecule has 0 amide bonds. The summed E-state index contributed by atoms with van der Waals surface area (Å²) in [6.07, 6.45) is 3.43. The molecule has 0 unspecified atom stereocenters. The molecule has 35 heavy (non-hydrogen) atoms. The van der Waals surface area contributed by atoms with Gasteiger partial charge in [-0.3, -0.25) is 10.1 Å². The Labute approximate surface area is 208 Å². The van der Waals surface area contributed by atoms with Crippen LogP contribution in [-0.2, 0) is 6.54 Å². The van der Waals surface area contributed by atoms with Crippen LogP contribution in [0.25, 0.3) is 22.4 Å². The molecule has 0 aliphatic heterocycles. The molecule has 4 rings (SSSR count). The third kappa shape index (κ3) is 5.01. The predicted octanol–water partition coefficient (Wildman–Crippen LogP) is 7.81. The average molecular weight is 483 g/mol. The highest BCUT2D eigenvalue weighted by atomic mass is 35.5. The van der Waals surface area contributed by atoms with E-state index in [1.807, 2.05) is 60.7 Å². The quantitative estimate of drug-likeness (QED) is 0.146. The van der Waals surface area contributed by atoms with Crippen LogP contribution >= 0.6 is 11.6 Å². The van der Waals surface area contributed by atoms with E-state index >= 15 is 0 Å². The fraction of sp³-hybridized carbons (Fsp3) is 0.143. The van der Waals surface area contributed by atoms with E-state index in [9.17, 15) is 15.4 Å². The Morgan fingerprint density at radius 1 is 1.06 bits per heavy atom. The molecule has 3 aromatic carbocycles. The van der Waals surface area contributed by atoms with Gasteiger partial charge in [0.2, 0.25) is 0 Å². The van der Waals surface area contributed by atoms with E-state index in [1.54, 1.807) is 12.3 Å². The van der Waals surface area contributed by atoms with Gasteiger partial charge < -0.3 is 4.57 Å². The summed E-state index contributed by atoms with van der Waals surface area (Å²) in [6.45, 7) is 2.79. The molecule has 0 radical (unpaired) electrons. The molecule has 0 N–H and O–H groups in total. The SMILES string of the molecule is CCCCn1c(N=Cc2ccc(Cl)c([N+](=O)[O-])c2)c(C#N)c(-c2ccccc2)c1-c1ccccc1. The van der Waals surface area contributed by atoms with Gasteiger partial charge in [0.25, 0.3) is 5.69 Å². The highest BCUT2D eigenvalue weighted by molar-refractivity contribution is 6.32. The number of hydrogen-bond acceptors (Lipinski definition) is 4. The molecule has 0 aliphatic carbocycles. The van der Waals surface area contributed by atoms with Gasteiger partial charge in [-0.2, -0.15) is 5.26 Å². The van der Waals surface area contributed by atoms with Crippen LogP contribution in [0.2, 0.25) is 5.02 Å². The van der Waals surface area contributed by atoms with Crippen LogP contribution in [-0.4, -0.2) is 15.7 Å². The number of nitriles is 1. The molecule has 1 aromatic heterocycles. The zero-order chi connectivity index (χ0) is 24.8. The van der Waals surface area contributed by atoms with E-state index in [2.05, 4.69) is 17.6 Å². The summed E-state index contributed by atoms with van der Waals surface area (Å²) < 4.78 is 2.08. The molecule has 0 spiro atoms. The molecule has 174 valence electrons. The second-order valence-electron chi connectivity index (χ2n) is 8.00. The van der Waals surface area contributed by atoms with Gasteiger partial charge in [0.1, 0.15) is 16.7 Å². The van der Waals surface area contributed by atoms with Crippen molar-refractivity contribution in [3.63, 3.8) is 0 Å². The van der Waals surface area contributed by atoms with E-state index in [4.69, 9.17) is 16.6 Å². The Morgan fingerprint density at radius 2 is 1.71 bits per heavy atom. The number of halogens is 1. The van der Waals surface area contributed by atoms with Crippen molar-refractivity contribution in [3.05, 3.63) is 105 Å². The van der Waals surface area contributed by atoms with E-state index in [0.29, 0.717) is 23.5 Å². The normalized spacial score (nSPS) is 11.0. The van der Waals surface area contributed by atoms with E-state index in [0.717, 1.165) is 35.2 Å². The molecule has 0 fully saturated rings. The number of hydrogen-bond donors (Lipinski definition) is 0. The van der Waals surface area contributed by atoms with Crippen LogP contribution in [0.4, 0.5) is 11.5 Å². The van der Waals surface area contributed by atoms with E-state index in [-0.39, 0.29) is 10.7 Å². The molecule has 0 atom stereocenters. The first-order chi connectivity index (χ1) is 17.0. The van der Waals surface area contributed by atoms with Crippen molar-refractivity contribution < 1.29 is 4.92 Å². The lowest BCUT2D eigenvalue weighted by molar-refractivity contribution is -0.384. The Bertz CT molecular complexity index is 1420. The predicted molar refractivity (Wildman–Crippen MR) is 140 cm³/mol. The highest BCUT2D eigenvalue weighted by Gasteiger charge is 2.24. The largest absolute Gasteiger partial charge is 0.324 e. The Kier molecular flexibility index (Phi) is 7.39. The fourth-order valence-electron chi connectivity index (χ4n) is 4.05. The monoisotopic (exact) mass is 482 g/mol. The molecular formula is C28H23ClN4O2. The van der Waals surface area contributed by atoms with Crippen LogP contribution in [0, 0.1) is 21.4 Å². The minimum Gasteiger partial charge on any atom is -0.324 e. The van der Waals surface area contributed by atoms with E-state index < -0.39 is 4.92 Å². The van der Waals surface area contributed by atoms with Gasteiger partial charge in [-0.25, -0.2) is 4.99 Å². The maximum Gasteiger partial charge on any atom is 0.288 e. The van der Waals surface area contributed by atoms with Crippen LogP contribution in [0.15, 0.2) is 83.9 Å². The lowest BCUT2D eigenvalue weighted by Crippen LogP contribution is -2.01. The summed E-state index contributed by atoms with van der Waals surface area (Å²) in [5, 5.41) is 21.7. The topological polar surface area (TPSA) is 84.2 Å². The first-order valence-electron chi connectivity index (χ1n) is 11.3. The Morgan fingerprint density at radius 3 is 2.31 bits per heavy atom. The molecule has 4 aromatic rings. The Balaban J connectivity index is 1.97. The fourth-order valence-corrected chi connectivity index (χ4v) is 4.23. The molecule has 0 saturated heterocycles. The van der Waals surface area contributed by atoms with Gasteiger partial charge in [-0.05, 0) is 29.2 Å². The van der Waals surface area contributed by atoms with Gasteiger partial charge in [0.05, 0.1) is 10.6 Å². The summed E-state index contributed by atoms with van der Waals surface area (Å²) in [6, 6.07) is 26.7. The number of aromatic nitrogens is 1. The molecule has 0 saturated carbocycles. The minimum atomic E-state index is -0.522. The van der Waals surface area contributed by atoms with Gasteiger partial charge in [-0.15, -0.1) is 0 Å². The lowest BCUT2D eigenvalue weighted by atomic mass is 9.98. The van der Waals surface area contributed by atoms with Crippen molar-refractivity contribution in [3.8, 4) is 28.5 Å². The average Bonchev–Trinajstić information content (AvgIpc) is 3.20. The molecule has 6 nitrogen and oxygen atoms in total.